The first kappa shape index (κ1) is 9.17. The molecule has 1 fully saturated rings. The van der Waals surface area contributed by atoms with E-state index in [4.69, 9.17) is 10.2 Å². The van der Waals surface area contributed by atoms with Gasteiger partial charge in [0.05, 0.1) is 12.2 Å². The van der Waals surface area contributed by atoms with Gasteiger partial charge in [-0.25, -0.2) is 0 Å². The Morgan fingerprint density at radius 1 is 1.22 bits per heavy atom. The fourth-order valence-electron chi connectivity index (χ4n) is 0.828. The van der Waals surface area contributed by atoms with Crippen LogP contribution < -0.4 is 5.32 Å². The molecule has 56 valence electrons. The predicted octanol–water partition coefficient (Wildman–Crippen LogP) is -0.877. The highest BCUT2D eigenvalue weighted by atomic mass is 35.5. The maximum absolute atomic E-state index is 8.89. The summed E-state index contributed by atoms with van der Waals surface area (Å²) < 4.78 is 0. The number of hydrogen-bond acceptors (Lipinski definition) is 3. The Kier molecular flexibility index (Phi) is 4.14. The molecule has 0 aromatic carbocycles. The van der Waals surface area contributed by atoms with Gasteiger partial charge in [0.15, 0.2) is 0 Å². The topological polar surface area (TPSA) is 52.5 Å². The predicted molar refractivity (Wildman–Crippen MR) is 36.7 cm³/mol. The van der Waals surface area contributed by atoms with Gasteiger partial charge in [0.2, 0.25) is 0 Å². The van der Waals surface area contributed by atoms with E-state index in [1.807, 2.05) is 0 Å². The molecule has 4 heteroatoms. The summed E-state index contributed by atoms with van der Waals surface area (Å²) in [6.45, 7) is 1.35. The van der Waals surface area contributed by atoms with Crippen LogP contribution in [0.2, 0.25) is 0 Å². The van der Waals surface area contributed by atoms with E-state index in [1.54, 1.807) is 0 Å². The van der Waals surface area contributed by atoms with Crippen molar-refractivity contribution < 1.29 is 10.2 Å². The third kappa shape index (κ3) is 2.49. The van der Waals surface area contributed by atoms with Crippen molar-refractivity contribution in [2.75, 3.05) is 13.1 Å². The molecule has 2 atom stereocenters. The highest BCUT2D eigenvalue weighted by Crippen LogP contribution is 2.01. The van der Waals surface area contributed by atoms with E-state index in [0.29, 0.717) is 13.0 Å². The fourth-order valence-corrected chi connectivity index (χ4v) is 0.828. The first-order valence-corrected chi connectivity index (χ1v) is 2.87. The molecule has 0 bridgehead atoms. The second kappa shape index (κ2) is 4.06. The minimum Gasteiger partial charge on any atom is -0.390 e. The van der Waals surface area contributed by atoms with E-state index in [0.717, 1.165) is 6.54 Å². The number of aliphatic hydroxyl groups is 2. The summed E-state index contributed by atoms with van der Waals surface area (Å²) >= 11 is 0. The quantitative estimate of drug-likeness (QED) is 0.424. The van der Waals surface area contributed by atoms with Gasteiger partial charge in [-0.05, 0) is 13.0 Å². The zero-order valence-corrected chi connectivity index (χ0v) is 5.90. The van der Waals surface area contributed by atoms with Crippen LogP contribution >= 0.6 is 12.4 Å². The van der Waals surface area contributed by atoms with Crippen LogP contribution in [-0.4, -0.2) is 35.5 Å². The highest BCUT2D eigenvalue weighted by Gasteiger charge is 2.18. The van der Waals surface area contributed by atoms with E-state index < -0.39 is 12.2 Å². The molecule has 1 heterocycles. The molecule has 1 aliphatic rings. The lowest BCUT2D eigenvalue weighted by Crippen LogP contribution is -2.43. The average Bonchev–Trinajstić information content (AvgIpc) is 1.77. The second-order valence-corrected chi connectivity index (χ2v) is 2.13. The van der Waals surface area contributed by atoms with Crippen LogP contribution in [0.25, 0.3) is 0 Å². The maximum atomic E-state index is 8.89. The third-order valence-electron chi connectivity index (χ3n) is 1.41. The van der Waals surface area contributed by atoms with Gasteiger partial charge in [-0.3, -0.25) is 0 Å². The van der Waals surface area contributed by atoms with Gasteiger partial charge in [-0.2, -0.15) is 0 Å². The van der Waals surface area contributed by atoms with Crippen LogP contribution in [0.1, 0.15) is 6.42 Å². The monoisotopic (exact) mass is 153 g/mol. The SMILES string of the molecule is Cl.O[C@@H]1CCNC[C@H]1O. The summed E-state index contributed by atoms with van der Waals surface area (Å²) in [4.78, 5) is 0. The highest BCUT2D eigenvalue weighted by molar-refractivity contribution is 5.85. The van der Waals surface area contributed by atoms with Crippen LogP contribution in [0, 0.1) is 0 Å². The molecular weight excluding hydrogens is 142 g/mol. The van der Waals surface area contributed by atoms with Crippen molar-refractivity contribution in [2.45, 2.75) is 18.6 Å². The van der Waals surface area contributed by atoms with Gasteiger partial charge < -0.3 is 15.5 Å². The summed E-state index contributed by atoms with van der Waals surface area (Å²) in [5.74, 6) is 0. The van der Waals surface area contributed by atoms with Crippen LogP contribution in [0.5, 0.6) is 0 Å². The minimum atomic E-state index is -0.552. The minimum absolute atomic E-state index is 0. The van der Waals surface area contributed by atoms with Crippen LogP contribution in [0.3, 0.4) is 0 Å². The van der Waals surface area contributed by atoms with E-state index in [9.17, 15) is 0 Å². The summed E-state index contributed by atoms with van der Waals surface area (Å²) in [5.41, 5.74) is 0. The Bertz CT molecular complexity index is 71.4. The molecule has 0 aromatic heterocycles. The van der Waals surface area contributed by atoms with Crippen LogP contribution in [-0.2, 0) is 0 Å². The lowest BCUT2D eigenvalue weighted by Gasteiger charge is -2.23. The molecule has 1 aliphatic heterocycles. The number of nitrogens with one attached hydrogen (secondary N) is 1. The molecule has 3 N–H and O–H groups in total. The summed E-state index contributed by atoms with van der Waals surface area (Å²) in [6, 6.07) is 0. The van der Waals surface area contributed by atoms with Gasteiger partial charge in [0.1, 0.15) is 0 Å². The second-order valence-electron chi connectivity index (χ2n) is 2.13. The van der Waals surface area contributed by atoms with Gasteiger partial charge in [0, 0.05) is 6.54 Å². The van der Waals surface area contributed by atoms with Crippen LogP contribution in [0.4, 0.5) is 0 Å². The number of piperidine rings is 1. The van der Waals surface area contributed by atoms with Gasteiger partial charge >= 0.3 is 0 Å². The molecule has 1 rings (SSSR count). The lowest BCUT2D eigenvalue weighted by atomic mass is 10.1. The summed E-state index contributed by atoms with van der Waals surface area (Å²) in [7, 11) is 0. The molecule has 0 aromatic rings. The van der Waals surface area contributed by atoms with Gasteiger partial charge in [0.25, 0.3) is 0 Å². The lowest BCUT2D eigenvalue weighted by molar-refractivity contribution is 0.000433. The van der Waals surface area contributed by atoms with Gasteiger partial charge in [-0.15, -0.1) is 12.4 Å². The number of β-amino-alcohol motifs (C(OH)–C–C–N with tert-alkyl or cyclic N) is 1. The molecule has 0 unspecified atom stereocenters. The largest absolute Gasteiger partial charge is 0.390 e. The molecule has 0 amide bonds. The van der Waals surface area contributed by atoms with Crippen molar-refractivity contribution >= 4 is 12.4 Å². The third-order valence-corrected chi connectivity index (χ3v) is 1.41. The fraction of sp³-hybridized carbons (Fsp3) is 1.00. The molecule has 3 nitrogen and oxygen atoms in total. The Morgan fingerprint density at radius 2 is 1.89 bits per heavy atom. The number of hydrogen-bond donors (Lipinski definition) is 3. The first-order chi connectivity index (χ1) is 3.80. The van der Waals surface area contributed by atoms with Crippen molar-refractivity contribution in [1.82, 2.24) is 5.32 Å². The van der Waals surface area contributed by atoms with E-state index in [1.165, 1.54) is 0 Å². The Hall–Kier alpha value is 0.170. The zero-order chi connectivity index (χ0) is 5.98. The van der Waals surface area contributed by atoms with Crippen LogP contribution in [0.15, 0.2) is 0 Å². The first-order valence-electron chi connectivity index (χ1n) is 2.87. The average molecular weight is 154 g/mol. The van der Waals surface area contributed by atoms with Crippen molar-refractivity contribution in [2.24, 2.45) is 0 Å². The number of rotatable bonds is 0. The smallest absolute Gasteiger partial charge is 0.0923 e. The molecule has 1 saturated heterocycles. The molecule has 0 radical (unpaired) electrons. The van der Waals surface area contributed by atoms with Crippen molar-refractivity contribution in [1.29, 1.82) is 0 Å². The van der Waals surface area contributed by atoms with Gasteiger partial charge in [-0.1, -0.05) is 0 Å². The summed E-state index contributed by atoms with van der Waals surface area (Å²) in [5, 5.41) is 20.7. The molecular formula is C5H12ClNO2. The van der Waals surface area contributed by atoms with E-state index >= 15 is 0 Å². The zero-order valence-electron chi connectivity index (χ0n) is 5.08. The molecule has 0 aliphatic carbocycles. The maximum Gasteiger partial charge on any atom is 0.0923 e. The summed E-state index contributed by atoms with van der Waals surface area (Å²) in [6.07, 6.45) is -0.388. The Labute approximate surface area is 60.5 Å². The van der Waals surface area contributed by atoms with E-state index in [2.05, 4.69) is 5.32 Å². The van der Waals surface area contributed by atoms with Crippen molar-refractivity contribution in [3.63, 3.8) is 0 Å². The number of halogens is 1. The Balaban J connectivity index is 0.000000640. The van der Waals surface area contributed by atoms with E-state index in [-0.39, 0.29) is 12.4 Å². The molecule has 9 heavy (non-hydrogen) atoms. The normalized spacial score (nSPS) is 35.3. The molecule has 0 saturated carbocycles. The Morgan fingerprint density at radius 3 is 2.22 bits per heavy atom. The van der Waals surface area contributed by atoms with Crippen molar-refractivity contribution in [3.8, 4) is 0 Å². The number of aliphatic hydroxyl groups excluding tert-OH is 2. The standard InChI is InChI=1S/C5H11NO2.ClH/c7-4-1-2-6-3-5(4)8;/h4-8H,1-3H2;1H/t4-,5-;/m1./s1. The molecule has 0 spiro atoms. The van der Waals surface area contributed by atoms with Crippen molar-refractivity contribution in [3.05, 3.63) is 0 Å².